The molecule has 0 amide bonds. The van der Waals surface area contributed by atoms with Gasteiger partial charge in [-0.1, -0.05) is 15.9 Å². The fraction of sp³-hybridized carbons (Fsp3) is 0.600. The van der Waals surface area contributed by atoms with Gasteiger partial charge in [0.2, 0.25) is 11.8 Å². The summed E-state index contributed by atoms with van der Waals surface area (Å²) in [4.78, 5) is 11.3. The molecule has 2 rings (SSSR count). The highest BCUT2D eigenvalue weighted by Crippen LogP contribution is 2.21. The minimum atomic E-state index is 0.543. The number of halogens is 1. The van der Waals surface area contributed by atoms with Crippen LogP contribution in [0.1, 0.15) is 12.8 Å². The quantitative estimate of drug-likeness (QED) is 0.770. The highest BCUT2D eigenvalue weighted by molar-refractivity contribution is 9.09. The number of rotatable bonds is 2. The van der Waals surface area contributed by atoms with Crippen LogP contribution in [0.3, 0.4) is 0 Å². The number of hydrogen-bond donors (Lipinski definition) is 0. The van der Waals surface area contributed by atoms with Crippen molar-refractivity contribution in [2.24, 2.45) is 0 Å². The zero-order valence-electron chi connectivity index (χ0n) is 8.69. The van der Waals surface area contributed by atoms with Gasteiger partial charge >= 0.3 is 0 Å². The van der Waals surface area contributed by atoms with Gasteiger partial charge in [-0.2, -0.15) is 4.98 Å². The zero-order valence-corrected chi connectivity index (χ0v) is 10.3. The van der Waals surface area contributed by atoms with Gasteiger partial charge in [0.25, 0.3) is 0 Å². The van der Waals surface area contributed by atoms with Crippen molar-refractivity contribution in [1.29, 1.82) is 0 Å². The lowest BCUT2D eigenvalue weighted by molar-refractivity contribution is 0.396. The summed E-state index contributed by atoms with van der Waals surface area (Å²) in [7, 11) is 1.62. The Morgan fingerprint density at radius 2 is 2.47 bits per heavy atom. The first-order valence-electron chi connectivity index (χ1n) is 5.05. The smallest absolute Gasteiger partial charge is 0.228 e. The lowest BCUT2D eigenvalue weighted by Crippen LogP contribution is -2.36. The van der Waals surface area contributed by atoms with E-state index in [1.807, 2.05) is 0 Å². The van der Waals surface area contributed by atoms with Crippen LogP contribution in [-0.4, -0.2) is 35.0 Å². The second-order valence-corrected chi connectivity index (χ2v) is 4.88. The van der Waals surface area contributed by atoms with Crippen molar-refractivity contribution in [2.45, 2.75) is 17.7 Å². The van der Waals surface area contributed by atoms with Crippen molar-refractivity contribution in [3.8, 4) is 5.88 Å². The SMILES string of the molecule is COc1ccnc(N2CCCC(Br)C2)n1. The average Bonchev–Trinajstić information content (AvgIpc) is 2.29. The topological polar surface area (TPSA) is 38.2 Å². The Hall–Kier alpha value is -0.840. The molecule has 0 saturated carbocycles. The fourth-order valence-corrected chi connectivity index (χ4v) is 2.38. The highest BCUT2D eigenvalue weighted by Gasteiger charge is 2.19. The summed E-state index contributed by atoms with van der Waals surface area (Å²) in [6.45, 7) is 1.99. The van der Waals surface area contributed by atoms with E-state index in [0.29, 0.717) is 10.7 Å². The van der Waals surface area contributed by atoms with E-state index >= 15 is 0 Å². The molecule has 1 saturated heterocycles. The molecule has 4 nitrogen and oxygen atoms in total. The van der Waals surface area contributed by atoms with Crippen molar-refractivity contribution in [3.05, 3.63) is 12.3 Å². The summed E-state index contributed by atoms with van der Waals surface area (Å²) in [5, 5.41) is 0. The van der Waals surface area contributed by atoms with Crippen LogP contribution in [0.2, 0.25) is 0 Å². The molecule has 0 spiro atoms. The van der Waals surface area contributed by atoms with Crippen LogP contribution < -0.4 is 9.64 Å². The summed E-state index contributed by atoms with van der Waals surface area (Å²) in [6.07, 6.45) is 4.13. The molecule has 1 aromatic heterocycles. The monoisotopic (exact) mass is 271 g/mol. The largest absolute Gasteiger partial charge is 0.481 e. The molecule has 1 fully saturated rings. The number of nitrogens with zero attached hydrogens (tertiary/aromatic N) is 3. The molecule has 1 aliphatic rings. The molecule has 0 radical (unpaired) electrons. The molecule has 5 heteroatoms. The molecule has 1 unspecified atom stereocenters. The second-order valence-electron chi connectivity index (χ2n) is 3.58. The van der Waals surface area contributed by atoms with E-state index in [1.165, 1.54) is 12.8 Å². The fourth-order valence-electron chi connectivity index (χ4n) is 1.71. The van der Waals surface area contributed by atoms with Crippen LogP contribution in [0.4, 0.5) is 5.95 Å². The van der Waals surface area contributed by atoms with E-state index in [9.17, 15) is 0 Å². The maximum Gasteiger partial charge on any atom is 0.228 e. The minimum absolute atomic E-state index is 0.543. The highest BCUT2D eigenvalue weighted by atomic mass is 79.9. The van der Waals surface area contributed by atoms with E-state index in [2.05, 4.69) is 30.8 Å². The Morgan fingerprint density at radius 1 is 1.60 bits per heavy atom. The predicted octanol–water partition coefficient (Wildman–Crippen LogP) is 1.85. The van der Waals surface area contributed by atoms with Gasteiger partial charge in [-0.25, -0.2) is 4.98 Å². The van der Waals surface area contributed by atoms with E-state index < -0.39 is 0 Å². The Morgan fingerprint density at radius 3 is 3.20 bits per heavy atom. The van der Waals surface area contributed by atoms with Crippen LogP contribution in [0, 0.1) is 0 Å². The first-order chi connectivity index (χ1) is 7.29. The molecule has 0 aliphatic carbocycles. The number of hydrogen-bond acceptors (Lipinski definition) is 4. The summed E-state index contributed by atoms with van der Waals surface area (Å²) < 4.78 is 5.08. The van der Waals surface area contributed by atoms with Gasteiger partial charge in [0.05, 0.1) is 7.11 Å². The molecule has 0 bridgehead atoms. The van der Waals surface area contributed by atoms with Crippen molar-refractivity contribution in [2.75, 3.05) is 25.1 Å². The molecule has 0 N–H and O–H groups in total. The number of anilines is 1. The molecule has 2 heterocycles. The number of aromatic nitrogens is 2. The van der Waals surface area contributed by atoms with Gasteiger partial charge in [-0.15, -0.1) is 0 Å². The molecule has 15 heavy (non-hydrogen) atoms. The maximum absolute atomic E-state index is 5.08. The maximum atomic E-state index is 5.08. The first kappa shape index (κ1) is 10.7. The second kappa shape index (κ2) is 4.79. The summed E-state index contributed by atoms with van der Waals surface area (Å²) in [5.74, 6) is 1.38. The Labute approximate surface area is 97.8 Å². The van der Waals surface area contributed by atoms with E-state index in [-0.39, 0.29) is 0 Å². The number of piperidine rings is 1. The number of methoxy groups -OCH3 is 1. The van der Waals surface area contributed by atoms with Gasteiger partial charge in [-0.05, 0) is 12.8 Å². The molecule has 82 valence electrons. The standard InChI is InChI=1S/C10H14BrN3O/c1-15-9-4-5-12-10(13-9)14-6-2-3-8(11)7-14/h4-5,8H,2-3,6-7H2,1H3. The molecule has 1 atom stereocenters. The lowest BCUT2D eigenvalue weighted by atomic mass is 10.1. The van der Waals surface area contributed by atoms with Crippen LogP contribution in [0.15, 0.2) is 12.3 Å². The zero-order chi connectivity index (χ0) is 10.7. The van der Waals surface area contributed by atoms with Crippen molar-refractivity contribution in [1.82, 2.24) is 9.97 Å². The van der Waals surface area contributed by atoms with Gasteiger partial charge in [-0.3, -0.25) is 0 Å². The Kier molecular flexibility index (Phi) is 3.41. The van der Waals surface area contributed by atoms with Crippen LogP contribution in [0.25, 0.3) is 0 Å². The van der Waals surface area contributed by atoms with Gasteiger partial charge < -0.3 is 9.64 Å². The van der Waals surface area contributed by atoms with Crippen LogP contribution >= 0.6 is 15.9 Å². The van der Waals surface area contributed by atoms with Crippen molar-refractivity contribution < 1.29 is 4.74 Å². The van der Waals surface area contributed by atoms with Gasteiger partial charge in [0, 0.05) is 30.2 Å². The summed E-state index contributed by atoms with van der Waals surface area (Å²) in [5.41, 5.74) is 0. The molecular formula is C10H14BrN3O. The summed E-state index contributed by atoms with van der Waals surface area (Å²) >= 11 is 3.63. The molecular weight excluding hydrogens is 258 g/mol. The van der Waals surface area contributed by atoms with Crippen LogP contribution in [0.5, 0.6) is 5.88 Å². The van der Waals surface area contributed by atoms with Crippen molar-refractivity contribution >= 4 is 21.9 Å². The normalized spacial score (nSPS) is 21.5. The molecule has 1 aliphatic heterocycles. The van der Waals surface area contributed by atoms with Crippen molar-refractivity contribution in [3.63, 3.8) is 0 Å². The van der Waals surface area contributed by atoms with E-state index in [0.717, 1.165) is 19.0 Å². The van der Waals surface area contributed by atoms with E-state index in [4.69, 9.17) is 4.74 Å². The lowest BCUT2D eigenvalue weighted by Gasteiger charge is -2.29. The number of alkyl halides is 1. The third kappa shape index (κ3) is 2.59. The molecule has 0 aromatic carbocycles. The first-order valence-corrected chi connectivity index (χ1v) is 5.97. The molecule has 1 aromatic rings. The third-order valence-electron chi connectivity index (χ3n) is 2.47. The van der Waals surface area contributed by atoms with Gasteiger partial charge in [0.15, 0.2) is 0 Å². The Balaban J connectivity index is 2.13. The van der Waals surface area contributed by atoms with E-state index in [1.54, 1.807) is 19.4 Å². The predicted molar refractivity (Wildman–Crippen MR) is 62.7 cm³/mol. The third-order valence-corrected chi connectivity index (χ3v) is 3.22. The minimum Gasteiger partial charge on any atom is -0.481 e. The number of ether oxygens (including phenoxy) is 1. The van der Waals surface area contributed by atoms with Gasteiger partial charge in [0.1, 0.15) is 0 Å². The Bertz CT molecular complexity index is 334. The summed E-state index contributed by atoms with van der Waals surface area (Å²) in [6, 6.07) is 1.76. The average molecular weight is 272 g/mol. The van der Waals surface area contributed by atoms with Crippen LogP contribution in [-0.2, 0) is 0 Å².